The van der Waals surface area contributed by atoms with Gasteiger partial charge in [0.2, 0.25) is 5.91 Å². The summed E-state index contributed by atoms with van der Waals surface area (Å²) in [5.41, 5.74) is 0.0404. The van der Waals surface area contributed by atoms with Crippen LogP contribution < -0.4 is 5.32 Å². The van der Waals surface area contributed by atoms with Crippen molar-refractivity contribution in [2.24, 2.45) is 0 Å². The number of nitrogens with one attached hydrogen (secondary N) is 1. The number of amides is 1. The number of aromatic carboxylic acids is 1. The Kier molecular flexibility index (Phi) is 4.19. The standard InChI is InChI=1S/C13H10BrFN2O3/c14-8-3-4-10(9(15)6-8)16-12(18)7-17-5-1-2-11(17)13(19)20/h1-6H,7H2,(H,16,18)(H,19,20). The lowest BCUT2D eigenvalue weighted by molar-refractivity contribution is -0.116. The highest BCUT2D eigenvalue weighted by Crippen LogP contribution is 2.19. The molecule has 5 nitrogen and oxygen atoms in total. The smallest absolute Gasteiger partial charge is 0.352 e. The van der Waals surface area contributed by atoms with Gasteiger partial charge in [-0.2, -0.15) is 0 Å². The Bertz CT molecular complexity index is 669. The largest absolute Gasteiger partial charge is 0.477 e. The average Bonchev–Trinajstić information content (AvgIpc) is 2.81. The van der Waals surface area contributed by atoms with E-state index in [1.807, 2.05) is 0 Å². The number of carboxylic acids is 1. The molecule has 2 N–H and O–H groups in total. The van der Waals surface area contributed by atoms with Gasteiger partial charge >= 0.3 is 5.97 Å². The fourth-order valence-electron chi connectivity index (χ4n) is 1.68. The Balaban J connectivity index is 2.09. The molecule has 0 aliphatic heterocycles. The number of hydrogen-bond acceptors (Lipinski definition) is 2. The van der Waals surface area contributed by atoms with E-state index in [0.717, 1.165) is 0 Å². The molecule has 20 heavy (non-hydrogen) atoms. The molecule has 0 aliphatic rings. The van der Waals surface area contributed by atoms with Crippen LogP contribution in [0.1, 0.15) is 10.5 Å². The normalized spacial score (nSPS) is 10.3. The number of carboxylic acid groups (broad SMARTS) is 1. The van der Waals surface area contributed by atoms with E-state index in [0.29, 0.717) is 4.47 Å². The number of halogens is 2. The SMILES string of the molecule is O=C(Cn1cccc1C(=O)O)Nc1ccc(Br)cc1F. The van der Waals surface area contributed by atoms with E-state index in [1.165, 1.54) is 35.0 Å². The van der Waals surface area contributed by atoms with Crippen molar-refractivity contribution in [3.8, 4) is 0 Å². The zero-order valence-corrected chi connectivity index (χ0v) is 11.7. The summed E-state index contributed by atoms with van der Waals surface area (Å²) in [5.74, 6) is -2.21. The molecule has 0 fully saturated rings. The average molecular weight is 341 g/mol. The van der Waals surface area contributed by atoms with Crippen molar-refractivity contribution in [1.29, 1.82) is 0 Å². The summed E-state index contributed by atoms with van der Waals surface area (Å²) in [6, 6.07) is 7.16. The third-order valence-corrected chi connectivity index (χ3v) is 3.06. The highest BCUT2D eigenvalue weighted by Gasteiger charge is 2.13. The van der Waals surface area contributed by atoms with Gasteiger partial charge in [0.05, 0.1) is 5.69 Å². The van der Waals surface area contributed by atoms with Crippen LogP contribution in [0, 0.1) is 5.82 Å². The zero-order chi connectivity index (χ0) is 14.7. The molecule has 0 saturated heterocycles. The second-order valence-electron chi connectivity index (χ2n) is 4.00. The maximum Gasteiger partial charge on any atom is 0.352 e. The van der Waals surface area contributed by atoms with Gasteiger partial charge in [0.1, 0.15) is 18.1 Å². The number of carbonyl (C=O) groups excluding carboxylic acids is 1. The number of aromatic nitrogens is 1. The van der Waals surface area contributed by atoms with Gasteiger partial charge in [-0.05, 0) is 30.3 Å². The molecule has 1 aromatic carbocycles. The van der Waals surface area contributed by atoms with Gasteiger partial charge < -0.3 is 15.0 Å². The van der Waals surface area contributed by atoms with Crippen molar-refractivity contribution in [2.75, 3.05) is 5.32 Å². The first-order chi connectivity index (χ1) is 9.47. The van der Waals surface area contributed by atoms with Crippen molar-refractivity contribution in [2.45, 2.75) is 6.54 Å². The third kappa shape index (κ3) is 3.24. The van der Waals surface area contributed by atoms with Crippen LogP contribution in [0.3, 0.4) is 0 Å². The lowest BCUT2D eigenvalue weighted by atomic mass is 10.3. The minimum absolute atomic E-state index is 0.00331. The van der Waals surface area contributed by atoms with Crippen molar-refractivity contribution in [3.63, 3.8) is 0 Å². The number of nitrogens with zero attached hydrogens (tertiary/aromatic N) is 1. The fourth-order valence-corrected chi connectivity index (χ4v) is 2.01. The molecule has 104 valence electrons. The first-order valence-electron chi connectivity index (χ1n) is 5.60. The minimum atomic E-state index is -1.13. The van der Waals surface area contributed by atoms with Gasteiger partial charge in [-0.15, -0.1) is 0 Å². The Morgan fingerprint density at radius 1 is 1.35 bits per heavy atom. The van der Waals surface area contributed by atoms with Crippen LogP contribution >= 0.6 is 15.9 Å². The quantitative estimate of drug-likeness (QED) is 0.898. The van der Waals surface area contributed by atoms with Crippen LogP contribution in [0.5, 0.6) is 0 Å². The Labute approximate surface area is 122 Å². The summed E-state index contributed by atoms with van der Waals surface area (Å²) in [5, 5.41) is 11.3. The summed E-state index contributed by atoms with van der Waals surface area (Å²) in [6.45, 7) is -0.204. The Morgan fingerprint density at radius 2 is 2.10 bits per heavy atom. The van der Waals surface area contributed by atoms with Crippen molar-refractivity contribution < 1.29 is 19.1 Å². The van der Waals surface area contributed by atoms with Crippen molar-refractivity contribution in [3.05, 3.63) is 52.5 Å². The molecular formula is C13H10BrFN2O3. The van der Waals surface area contributed by atoms with Crippen molar-refractivity contribution >= 4 is 33.5 Å². The van der Waals surface area contributed by atoms with Gasteiger partial charge in [0.25, 0.3) is 0 Å². The Morgan fingerprint density at radius 3 is 2.75 bits per heavy atom. The number of benzene rings is 1. The van der Waals surface area contributed by atoms with E-state index in [4.69, 9.17) is 5.11 Å². The van der Waals surface area contributed by atoms with Gasteiger partial charge in [-0.25, -0.2) is 9.18 Å². The van der Waals surface area contributed by atoms with Crippen LogP contribution in [0.4, 0.5) is 10.1 Å². The predicted molar refractivity (Wildman–Crippen MR) is 74.1 cm³/mol. The van der Waals surface area contributed by atoms with E-state index < -0.39 is 17.7 Å². The predicted octanol–water partition coefficient (Wildman–Crippen LogP) is 2.73. The molecule has 7 heteroatoms. The zero-order valence-electron chi connectivity index (χ0n) is 10.1. The second kappa shape index (κ2) is 5.87. The molecule has 2 rings (SSSR count). The van der Waals surface area contributed by atoms with Gasteiger partial charge in [-0.1, -0.05) is 15.9 Å². The molecule has 1 aromatic heterocycles. The van der Waals surface area contributed by atoms with Gasteiger partial charge in [0.15, 0.2) is 0 Å². The molecule has 0 saturated carbocycles. The molecule has 0 spiro atoms. The number of anilines is 1. The molecular weight excluding hydrogens is 331 g/mol. The van der Waals surface area contributed by atoms with E-state index in [1.54, 1.807) is 6.07 Å². The molecule has 0 radical (unpaired) electrons. The number of rotatable bonds is 4. The number of hydrogen-bond donors (Lipinski definition) is 2. The van der Waals surface area contributed by atoms with E-state index >= 15 is 0 Å². The summed E-state index contributed by atoms with van der Waals surface area (Å²) >= 11 is 3.11. The second-order valence-corrected chi connectivity index (χ2v) is 4.91. The van der Waals surface area contributed by atoms with E-state index in [2.05, 4.69) is 21.2 Å². The number of carbonyl (C=O) groups is 2. The lowest BCUT2D eigenvalue weighted by Crippen LogP contribution is -2.21. The first-order valence-corrected chi connectivity index (χ1v) is 6.40. The van der Waals surface area contributed by atoms with Crippen LogP contribution in [0.15, 0.2) is 41.0 Å². The van der Waals surface area contributed by atoms with Crippen LogP contribution in [-0.2, 0) is 11.3 Å². The molecule has 1 amide bonds. The van der Waals surface area contributed by atoms with Crippen LogP contribution in [-0.4, -0.2) is 21.6 Å². The Hall–Kier alpha value is -2.15. The highest BCUT2D eigenvalue weighted by atomic mass is 79.9. The van der Waals surface area contributed by atoms with Crippen LogP contribution in [0.2, 0.25) is 0 Å². The summed E-state index contributed by atoms with van der Waals surface area (Å²) in [6.07, 6.45) is 1.47. The minimum Gasteiger partial charge on any atom is -0.477 e. The van der Waals surface area contributed by atoms with Crippen molar-refractivity contribution in [1.82, 2.24) is 4.57 Å². The molecule has 1 heterocycles. The van der Waals surface area contributed by atoms with Gasteiger partial charge in [-0.3, -0.25) is 4.79 Å². The van der Waals surface area contributed by atoms with E-state index in [-0.39, 0.29) is 17.9 Å². The topological polar surface area (TPSA) is 71.3 Å². The van der Waals surface area contributed by atoms with E-state index in [9.17, 15) is 14.0 Å². The van der Waals surface area contributed by atoms with Gasteiger partial charge in [0, 0.05) is 10.7 Å². The molecule has 0 bridgehead atoms. The summed E-state index contributed by atoms with van der Waals surface area (Å²) < 4.78 is 15.4. The molecule has 0 aliphatic carbocycles. The summed E-state index contributed by atoms with van der Waals surface area (Å²) in [7, 11) is 0. The highest BCUT2D eigenvalue weighted by molar-refractivity contribution is 9.10. The first kappa shape index (κ1) is 14.3. The lowest BCUT2D eigenvalue weighted by Gasteiger charge is -2.09. The maximum atomic E-state index is 13.6. The van der Waals surface area contributed by atoms with Crippen LogP contribution in [0.25, 0.3) is 0 Å². The molecule has 0 unspecified atom stereocenters. The summed E-state index contributed by atoms with van der Waals surface area (Å²) in [4.78, 5) is 22.7. The molecule has 0 atom stereocenters. The fraction of sp³-hybridized carbons (Fsp3) is 0.0769. The maximum absolute atomic E-state index is 13.6. The molecule has 2 aromatic rings. The monoisotopic (exact) mass is 340 g/mol. The third-order valence-electron chi connectivity index (χ3n) is 2.57.